The maximum absolute atomic E-state index is 5.99. The molecule has 0 aromatic carbocycles. The predicted octanol–water partition coefficient (Wildman–Crippen LogP) is 2.62. The van der Waals surface area contributed by atoms with Crippen LogP contribution in [-0.4, -0.2) is 29.1 Å². The molecular weight excluding hydrogens is 196 g/mol. The summed E-state index contributed by atoms with van der Waals surface area (Å²) in [5.74, 6) is 0. The highest BCUT2D eigenvalue weighted by atomic mass is 15.3. The van der Waals surface area contributed by atoms with Gasteiger partial charge in [0.05, 0.1) is 0 Å². The normalized spacial score (nSPS) is 39.9. The number of likely N-dealkylation sites (tertiary alicyclic amines) is 1. The lowest BCUT2D eigenvalue weighted by atomic mass is 9.80. The van der Waals surface area contributed by atoms with Gasteiger partial charge in [0, 0.05) is 23.0 Å². The third-order valence-electron chi connectivity index (χ3n) is 4.60. The van der Waals surface area contributed by atoms with Gasteiger partial charge in [-0.2, -0.15) is 0 Å². The third kappa shape index (κ3) is 1.70. The molecular formula is C14H28N2. The van der Waals surface area contributed by atoms with Crippen LogP contribution >= 0.6 is 0 Å². The van der Waals surface area contributed by atoms with E-state index in [1.165, 1.54) is 12.8 Å². The minimum atomic E-state index is 0.274. The number of nitrogens with zero attached hydrogens (tertiary/aromatic N) is 1. The molecule has 1 aliphatic carbocycles. The molecule has 3 atom stereocenters. The molecule has 16 heavy (non-hydrogen) atoms. The van der Waals surface area contributed by atoms with Crippen molar-refractivity contribution in [2.75, 3.05) is 6.54 Å². The maximum atomic E-state index is 5.99. The van der Waals surface area contributed by atoms with Gasteiger partial charge < -0.3 is 5.73 Å². The zero-order valence-corrected chi connectivity index (χ0v) is 11.8. The first-order valence-corrected chi connectivity index (χ1v) is 6.60. The van der Waals surface area contributed by atoms with E-state index in [9.17, 15) is 0 Å². The van der Waals surface area contributed by atoms with Gasteiger partial charge in [-0.3, -0.25) is 4.90 Å². The number of nitrogens with two attached hydrogens (primary N) is 1. The van der Waals surface area contributed by atoms with Crippen molar-refractivity contribution in [2.24, 2.45) is 16.6 Å². The highest BCUT2D eigenvalue weighted by Crippen LogP contribution is 2.63. The van der Waals surface area contributed by atoms with Gasteiger partial charge in [-0.05, 0) is 45.6 Å². The second-order valence-corrected chi connectivity index (χ2v) is 7.95. The van der Waals surface area contributed by atoms with Gasteiger partial charge in [-0.1, -0.05) is 20.8 Å². The smallest absolute Gasteiger partial charge is 0.0180 e. The number of fused-ring (bicyclic) bond motifs is 1. The highest BCUT2D eigenvalue weighted by molar-refractivity contribution is 5.20. The molecule has 1 aliphatic heterocycles. The summed E-state index contributed by atoms with van der Waals surface area (Å²) in [6, 6.07) is 1.44. The zero-order valence-electron chi connectivity index (χ0n) is 11.8. The van der Waals surface area contributed by atoms with E-state index in [1.54, 1.807) is 0 Å². The monoisotopic (exact) mass is 224 g/mol. The van der Waals surface area contributed by atoms with Crippen molar-refractivity contribution in [3.05, 3.63) is 0 Å². The van der Waals surface area contributed by atoms with Crippen LogP contribution in [0.25, 0.3) is 0 Å². The molecule has 0 spiro atoms. The summed E-state index contributed by atoms with van der Waals surface area (Å²) in [7, 11) is 0. The summed E-state index contributed by atoms with van der Waals surface area (Å²) in [6.45, 7) is 15.0. The summed E-state index contributed by atoms with van der Waals surface area (Å²) in [6.07, 6.45) is 2.63. The Kier molecular flexibility index (Phi) is 2.50. The van der Waals surface area contributed by atoms with Crippen LogP contribution in [0.3, 0.4) is 0 Å². The van der Waals surface area contributed by atoms with Crippen molar-refractivity contribution in [1.82, 2.24) is 4.90 Å². The molecule has 1 saturated heterocycles. The van der Waals surface area contributed by atoms with Crippen molar-refractivity contribution in [2.45, 2.75) is 72.0 Å². The van der Waals surface area contributed by atoms with Crippen LogP contribution in [0.5, 0.6) is 0 Å². The van der Waals surface area contributed by atoms with Gasteiger partial charge in [0.2, 0.25) is 0 Å². The quantitative estimate of drug-likeness (QED) is 0.742. The predicted molar refractivity (Wildman–Crippen MR) is 69.3 cm³/mol. The van der Waals surface area contributed by atoms with Crippen LogP contribution in [0.15, 0.2) is 0 Å². The Morgan fingerprint density at radius 3 is 2.00 bits per heavy atom. The third-order valence-corrected chi connectivity index (χ3v) is 4.60. The Balaban J connectivity index is 2.27. The molecule has 0 aromatic rings. The Labute approximate surface area is 101 Å². The number of hydrogen-bond donors (Lipinski definition) is 1. The summed E-state index contributed by atoms with van der Waals surface area (Å²) >= 11 is 0. The molecule has 0 bridgehead atoms. The summed E-state index contributed by atoms with van der Waals surface area (Å²) < 4.78 is 0. The van der Waals surface area contributed by atoms with Crippen LogP contribution in [0.4, 0.5) is 0 Å². The minimum absolute atomic E-state index is 0.274. The fourth-order valence-corrected chi connectivity index (χ4v) is 3.60. The fraction of sp³-hybridized carbons (Fsp3) is 1.00. The summed E-state index contributed by atoms with van der Waals surface area (Å²) in [4.78, 5) is 2.75. The highest BCUT2D eigenvalue weighted by Gasteiger charge is 2.66. The lowest BCUT2D eigenvalue weighted by molar-refractivity contribution is 0.0362. The van der Waals surface area contributed by atoms with Gasteiger partial charge in [-0.25, -0.2) is 0 Å². The molecule has 2 rings (SSSR count). The van der Waals surface area contributed by atoms with Crippen molar-refractivity contribution >= 4 is 0 Å². The van der Waals surface area contributed by atoms with Crippen LogP contribution in [0, 0.1) is 10.8 Å². The second-order valence-electron chi connectivity index (χ2n) is 7.95. The van der Waals surface area contributed by atoms with Gasteiger partial charge in [0.25, 0.3) is 0 Å². The van der Waals surface area contributed by atoms with Gasteiger partial charge in [0.1, 0.15) is 0 Å². The van der Waals surface area contributed by atoms with E-state index >= 15 is 0 Å². The Morgan fingerprint density at radius 1 is 1.12 bits per heavy atom. The molecule has 2 nitrogen and oxygen atoms in total. The zero-order chi connectivity index (χ0) is 12.4. The molecule has 2 heteroatoms. The first-order chi connectivity index (χ1) is 7.12. The number of hydrogen-bond acceptors (Lipinski definition) is 2. The Hall–Kier alpha value is -0.0800. The van der Waals surface area contributed by atoms with E-state index in [0.29, 0.717) is 16.9 Å². The molecule has 1 heterocycles. The van der Waals surface area contributed by atoms with Gasteiger partial charge in [-0.15, -0.1) is 0 Å². The van der Waals surface area contributed by atoms with Crippen LogP contribution in [0.2, 0.25) is 0 Å². The van der Waals surface area contributed by atoms with Crippen molar-refractivity contribution < 1.29 is 0 Å². The molecule has 2 unspecified atom stereocenters. The lowest BCUT2D eigenvalue weighted by Gasteiger charge is -2.45. The largest absolute Gasteiger partial charge is 0.330 e. The average molecular weight is 224 g/mol. The van der Waals surface area contributed by atoms with Gasteiger partial charge in [0.15, 0.2) is 0 Å². The van der Waals surface area contributed by atoms with Gasteiger partial charge >= 0.3 is 0 Å². The molecule has 2 aliphatic rings. The Bertz CT molecular complexity index is 284. The van der Waals surface area contributed by atoms with Crippen LogP contribution in [-0.2, 0) is 0 Å². The SMILES string of the molecule is CC(C)(C)[C@@H]1CC2(CN)CC2N1C(C)(C)C. The maximum Gasteiger partial charge on any atom is 0.0180 e. The topological polar surface area (TPSA) is 29.3 Å². The Morgan fingerprint density at radius 2 is 1.69 bits per heavy atom. The van der Waals surface area contributed by atoms with E-state index in [2.05, 4.69) is 46.4 Å². The van der Waals surface area contributed by atoms with Crippen molar-refractivity contribution in [3.63, 3.8) is 0 Å². The molecule has 2 N–H and O–H groups in total. The van der Waals surface area contributed by atoms with Crippen molar-refractivity contribution in [3.8, 4) is 0 Å². The van der Waals surface area contributed by atoms with Crippen LogP contribution in [0.1, 0.15) is 54.4 Å². The molecule has 0 aromatic heterocycles. The number of rotatable bonds is 1. The molecule has 1 saturated carbocycles. The van der Waals surface area contributed by atoms with E-state index < -0.39 is 0 Å². The minimum Gasteiger partial charge on any atom is -0.330 e. The fourth-order valence-electron chi connectivity index (χ4n) is 3.60. The van der Waals surface area contributed by atoms with E-state index in [0.717, 1.165) is 12.6 Å². The number of piperidine rings is 1. The van der Waals surface area contributed by atoms with Crippen molar-refractivity contribution in [1.29, 1.82) is 0 Å². The molecule has 0 amide bonds. The summed E-state index contributed by atoms with van der Waals surface area (Å²) in [5, 5.41) is 0. The first kappa shape index (κ1) is 12.4. The second kappa shape index (κ2) is 3.23. The molecule has 94 valence electrons. The molecule has 0 radical (unpaired) electrons. The van der Waals surface area contributed by atoms with E-state index in [-0.39, 0.29) is 5.54 Å². The standard InChI is InChI=1S/C14H28N2/c1-12(2,3)10-7-14(9-15)8-11(14)16(10)13(4,5)6/h10-11H,7-9,15H2,1-6H3/t10-,11?,14?/m0/s1. The van der Waals surface area contributed by atoms with Crippen LogP contribution < -0.4 is 5.73 Å². The van der Waals surface area contributed by atoms with E-state index in [1.807, 2.05) is 0 Å². The van der Waals surface area contributed by atoms with E-state index in [4.69, 9.17) is 5.73 Å². The average Bonchev–Trinajstić information content (AvgIpc) is 2.68. The molecule has 2 fully saturated rings. The lowest BCUT2D eigenvalue weighted by Crippen LogP contribution is -2.51. The first-order valence-electron chi connectivity index (χ1n) is 6.60. The summed E-state index contributed by atoms with van der Waals surface area (Å²) in [5.41, 5.74) is 7.10.